The number of benzene rings is 1. The van der Waals surface area contributed by atoms with Crippen LogP contribution in [0.25, 0.3) is 0 Å². The highest BCUT2D eigenvalue weighted by Crippen LogP contribution is 2.24. The SMILES string of the molecule is CCC1CC(N)=NN1c1ccccc1. The molecule has 1 aromatic rings. The lowest BCUT2D eigenvalue weighted by Crippen LogP contribution is -2.25. The lowest BCUT2D eigenvalue weighted by molar-refractivity contribution is 0.640. The number of anilines is 1. The summed E-state index contributed by atoms with van der Waals surface area (Å²) in [5.41, 5.74) is 6.86. The van der Waals surface area contributed by atoms with Gasteiger partial charge in [0, 0.05) is 6.42 Å². The van der Waals surface area contributed by atoms with E-state index in [-0.39, 0.29) is 0 Å². The normalized spacial score (nSPS) is 21.1. The monoisotopic (exact) mass is 189 g/mol. The van der Waals surface area contributed by atoms with Gasteiger partial charge in [0.2, 0.25) is 0 Å². The minimum Gasteiger partial charge on any atom is -0.386 e. The Bertz CT molecular complexity index is 332. The molecule has 0 bridgehead atoms. The quantitative estimate of drug-likeness (QED) is 0.772. The Labute approximate surface area is 84.2 Å². The average Bonchev–Trinajstić information content (AvgIpc) is 2.61. The molecule has 2 N–H and O–H groups in total. The second-order valence-electron chi connectivity index (χ2n) is 3.54. The van der Waals surface area contributed by atoms with Gasteiger partial charge in [-0.15, -0.1) is 0 Å². The van der Waals surface area contributed by atoms with E-state index in [0.717, 1.165) is 24.4 Å². The Balaban J connectivity index is 2.25. The van der Waals surface area contributed by atoms with Gasteiger partial charge in [-0.1, -0.05) is 25.1 Å². The van der Waals surface area contributed by atoms with Gasteiger partial charge in [0.05, 0.1) is 11.7 Å². The fourth-order valence-corrected chi connectivity index (χ4v) is 1.76. The number of hydrazone groups is 1. The maximum atomic E-state index is 5.74. The minimum atomic E-state index is 0.428. The largest absolute Gasteiger partial charge is 0.386 e. The highest BCUT2D eigenvalue weighted by molar-refractivity contribution is 5.85. The van der Waals surface area contributed by atoms with E-state index < -0.39 is 0 Å². The lowest BCUT2D eigenvalue weighted by Gasteiger charge is -2.21. The number of hydrogen-bond acceptors (Lipinski definition) is 3. The maximum Gasteiger partial charge on any atom is 0.122 e. The summed E-state index contributed by atoms with van der Waals surface area (Å²) in [5.74, 6) is 0.737. The van der Waals surface area contributed by atoms with Crippen LogP contribution in [0.5, 0.6) is 0 Å². The van der Waals surface area contributed by atoms with Crippen molar-refractivity contribution >= 4 is 11.5 Å². The molecular weight excluding hydrogens is 174 g/mol. The van der Waals surface area contributed by atoms with Gasteiger partial charge >= 0.3 is 0 Å². The van der Waals surface area contributed by atoms with Gasteiger partial charge in [-0.2, -0.15) is 5.10 Å². The molecule has 1 aliphatic heterocycles. The molecule has 0 radical (unpaired) electrons. The molecule has 3 nitrogen and oxygen atoms in total. The van der Waals surface area contributed by atoms with Crippen molar-refractivity contribution in [1.29, 1.82) is 0 Å². The first-order valence-electron chi connectivity index (χ1n) is 4.98. The van der Waals surface area contributed by atoms with Crippen LogP contribution < -0.4 is 10.7 Å². The van der Waals surface area contributed by atoms with Crippen molar-refractivity contribution in [3.8, 4) is 0 Å². The van der Waals surface area contributed by atoms with Crippen LogP contribution in [0.2, 0.25) is 0 Å². The first kappa shape index (κ1) is 9.06. The van der Waals surface area contributed by atoms with Crippen molar-refractivity contribution in [1.82, 2.24) is 0 Å². The van der Waals surface area contributed by atoms with Crippen molar-refractivity contribution in [3.63, 3.8) is 0 Å². The first-order chi connectivity index (χ1) is 6.81. The summed E-state index contributed by atoms with van der Waals surface area (Å²) >= 11 is 0. The van der Waals surface area contributed by atoms with Gasteiger partial charge in [-0.05, 0) is 18.6 Å². The summed E-state index contributed by atoms with van der Waals surface area (Å²) in [6.45, 7) is 2.16. The molecule has 0 saturated heterocycles. The zero-order chi connectivity index (χ0) is 9.97. The molecule has 0 aromatic heterocycles. The molecule has 1 heterocycles. The topological polar surface area (TPSA) is 41.6 Å². The molecule has 0 saturated carbocycles. The third-order valence-electron chi connectivity index (χ3n) is 2.52. The van der Waals surface area contributed by atoms with E-state index in [1.54, 1.807) is 0 Å². The molecule has 74 valence electrons. The van der Waals surface area contributed by atoms with Crippen LogP contribution in [0.4, 0.5) is 5.69 Å². The highest BCUT2D eigenvalue weighted by atomic mass is 15.5. The van der Waals surface area contributed by atoms with E-state index in [1.807, 2.05) is 23.2 Å². The van der Waals surface area contributed by atoms with E-state index in [4.69, 9.17) is 5.73 Å². The Morgan fingerprint density at radius 3 is 2.79 bits per heavy atom. The van der Waals surface area contributed by atoms with Crippen molar-refractivity contribution in [2.24, 2.45) is 10.8 Å². The Hall–Kier alpha value is -1.51. The van der Waals surface area contributed by atoms with Crippen LogP contribution in [-0.2, 0) is 0 Å². The van der Waals surface area contributed by atoms with Crippen LogP contribution >= 0.6 is 0 Å². The zero-order valence-corrected chi connectivity index (χ0v) is 8.35. The van der Waals surface area contributed by atoms with E-state index >= 15 is 0 Å². The van der Waals surface area contributed by atoms with Crippen LogP contribution in [0.3, 0.4) is 0 Å². The molecule has 1 aromatic carbocycles. The van der Waals surface area contributed by atoms with Gasteiger partial charge in [0.25, 0.3) is 0 Å². The van der Waals surface area contributed by atoms with Gasteiger partial charge in [-0.25, -0.2) is 0 Å². The summed E-state index contributed by atoms with van der Waals surface area (Å²) < 4.78 is 0. The summed E-state index contributed by atoms with van der Waals surface area (Å²) in [5, 5.41) is 6.36. The Morgan fingerprint density at radius 2 is 2.14 bits per heavy atom. The van der Waals surface area contributed by atoms with Crippen molar-refractivity contribution < 1.29 is 0 Å². The van der Waals surface area contributed by atoms with Gasteiger partial charge in [-0.3, -0.25) is 5.01 Å². The molecule has 1 atom stereocenters. The number of amidine groups is 1. The minimum absolute atomic E-state index is 0.428. The molecule has 0 fully saturated rings. The first-order valence-corrected chi connectivity index (χ1v) is 4.98. The fraction of sp³-hybridized carbons (Fsp3) is 0.364. The van der Waals surface area contributed by atoms with E-state index in [1.165, 1.54) is 0 Å². The Kier molecular flexibility index (Phi) is 2.39. The second-order valence-corrected chi connectivity index (χ2v) is 3.54. The Morgan fingerprint density at radius 1 is 1.43 bits per heavy atom. The number of nitrogens with two attached hydrogens (primary N) is 1. The second kappa shape index (κ2) is 3.70. The zero-order valence-electron chi connectivity index (χ0n) is 8.35. The van der Waals surface area contributed by atoms with Crippen LogP contribution in [0.15, 0.2) is 35.4 Å². The molecule has 2 rings (SSSR count). The van der Waals surface area contributed by atoms with E-state index in [2.05, 4.69) is 24.2 Å². The predicted octanol–water partition coefficient (Wildman–Crippen LogP) is 1.95. The van der Waals surface area contributed by atoms with Crippen molar-refractivity contribution in [2.45, 2.75) is 25.8 Å². The molecule has 1 unspecified atom stereocenters. The smallest absolute Gasteiger partial charge is 0.122 e. The third kappa shape index (κ3) is 1.58. The highest BCUT2D eigenvalue weighted by Gasteiger charge is 2.24. The average molecular weight is 189 g/mol. The molecule has 0 amide bonds. The van der Waals surface area contributed by atoms with E-state index in [0.29, 0.717) is 6.04 Å². The van der Waals surface area contributed by atoms with Crippen molar-refractivity contribution in [3.05, 3.63) is 30.3 Å². The van der Waals surface area contributed by atoms with Gasteiger partial charge < -0.3 is 5.73 Å². The van der Waals surface area contributed by atoms with Crippen LogP contribution in [0.1, 0.15) is 19.8 Å². The number of hydrogen-bond donors (Lipinski definition) is 1. The molecule has 3 heteroatoms. The van der Waals surface area contributed by atoms with Crippen LogP contribution in [0, 0.1) is 0 Å². The maximum absolute atomic E-state index is 5.74. The van der Waals surface area contributed by atoms with E-state index in [9.17, 15) is 0 Å². The molecular formula is C11H15N3. The summed E-state index contributed by atoms with van der Waals surface area (Å²) in [7, 11) is 0. The number of nitrogens with zero attached hydrogens (tertiary/aromatic N) is 2. The molecule has 0 aliphatic carbocycles. The predicted molar refractivity (Wildman–Crippen MR) is 59.2 cm³/mol. The summed E-state index contributed by atoms with van der Waals surface area (Å²) in [4.78, 5) is 0. The van der Waals surface area contributed by atoms with Crippen molar-refractivity contribution in [2.75, 3.05) is 5.01 Å². The van der Waals surface area contributed by atoms with Gasteiger partial charge in [0.1, 0.15) is 5.84 Å². The molecule has 14 heavy (non-hydrogen) atoms. The summed E-state index contributed by atoms with van der Waals surface area (Å²) in [6.07, 6.45) is 1.95. The molecule has 0 spiro atoms. The van der Waals surface area contributed by atoms with Gasteiger partial charge in [0.15, 0.2) is 0 Å². The standard InChI is InChI=1S/C11H15N3/c1-2-9-8-11(12)13-14(9)10-6-4-3-5-7-10/h3-7,9H,2,8H2,1H3,(H2,12,13). The summed E-state index contributed by atoms with van der Waals surface area (Å²) in [6, 6.07) is 10.6. The molecule has 1 aliphatic rings. The fourth-order valence-electron chi connectivity index (χ4n) is 1.76. The number of para-hydroxylation sites is 1. The lowest BCUT2D eigenvalue weighted by atomic mass is 10.1. The number of rotatable bonds is 2. The van der Waals surface area contributed by atoms with Crippen LogP contribution in [-0.4, -0.2) is 11.9 Å². The third-order valence-corrected chi connectivity index (χ3v) is 2.52.